The van der Waals surface area contributed by atoms with Crippen LogP contribution < -0.4 is 15.7 Å². The van der Waals surface area contributed by atoms with Gasteiger partial charge in [-0.05, 0) is 24.3 Å². The first-order valence-electron chi connectivity index (χ1n) is 7.84. The van der Waals surface area contributed by atoms with Gasteiger partial charge in [0.05, 0.1) is 18.4 Å². The largest absolute Gasteiger partial charge is 0.595 e. The molecular weight excluding hydrogens is 346 g/mol. The molecule has 8 heteroatoms. The summed E-state index contributed by atoms with van der Waals surface area (Å²) in [7, 11) is 1.55. The number of ether oxygens (including phenoxy) is 1. The molecule has 0 spiro atoms. The summed E-state index contributed by atoms with van der Waals surface area (Å²) in [5, 5.41) is 38.6. The van der Waals surface area contributed by atoms with Crippen molar-refractivity contribution in [2.24, 2.45) is 0 Å². The van der Waals surface area contributed by atoms with Crippen molar-refractivity contribution < 1.29 is 15.2 Å². The van der Waals surface area contributed by atoms with Crippen LogP contribution in [0, 0.1) is 27.9 Å². The molecule has 0 aliphatic carbocycles. The van der Waals surface area contributed by atoms with Gasteiger partial charge in [-0.15, -0.1) is 0 Å². The summed E-state index contributed by atoms with van der Waals surface area (Å²) in [6.45, 7) is 0. The molecule has 1 aromatic heterocycles. The Bertz CT molecular complexity index is 1070. The maximum Gasteiger partial charge on any atom is 0.164 e. The SMILES string of the molecule is COc1ccc(-n2c(N)c(C#N)c(C#N)c2-c2cccc([NH+]([O-])O)c2)cc1. The molecule has 8 nitrogen and oxygen atoms in total. The Morgan fingerprint density at radius 1 is 1.11 bits per heavy atom. The number of aromatic nitrogens is 1. The lowest BCUT2D eigenvalue weighted by molar-refractivity contribution is -0.991. The fraction of sp³-hybridized carbons (Fsp3) is 0.0526. The summed E-state index contributed by atoms with van der Waals surface area (Å²) in [6, 6.07) is 17.1. The van der Waals surface area contributed by atoms with Gasteiger partial charge < -0.3 is 15.7 Å². The molecule has 134 valence electrons. The van der Waals surface area contributed by atoms with Gasteiger partial charge in [0.2, 0.25) is 0 Å². The predicted molar refractivity (Wildman–Crippen MR) is 97.4 cm³/mol. The third-order valence-corrected chi connectivity index (χ3v) is 4.14. The molecule has 0 bridgehead atoms. The van der Waals surface area contributed by atoms with Crippen LogP contribution in [-0.2, 0) is 0 Å². The fourth-order valence-corrected chi connectivity index (χ4v) is 2.88. The number of nitrogen functional groups attached to an aromatic ring is 1. The zero-order valence-corrected chi connectivity index (χ0v) is 14.3. The van der Waals surface area contributed by atoms with Crippen molar-refractivity contribution in [3.05, 3.63) is 64.9 Å². The fourth-order valence-electron chi connectivity index (χ4n) is 2.88. The Morgan fingerprint density at radius 2 is 1.78 bits per heavy atom. The van der Waals surface area contributed by atoms with E-state index in [0.717, 1.165) is 0 Å². The Kier molecular flexibility index (Phi) is 4.79. The maximum atomic E-state index is 11.3. The van der Waals surface area contributed by atoms with E-state index >= 15 is 0 Å². The van der Waals surface area contributed by atoms with Crippen LogP contribution in [-0.4, -0.2) is 16.9 Å². The van der Waals surface area contributed by atoms with Gasteiger partial charge in [0.25, 0.3) is 0 Å². The summed E-state index contributed by atoms with van der Waals surface area (Å²) in [5.74, 6) is 0.745. The number of benzene rings is 2. The second-order valence-electron chi connectivity index (χ2n) is 5.63. The molecule has 2 aromatic carbocycles. The van der Waals surface area contributed by atoms with Gasteiger partial charge in [-0.3, -0.25) is 4.57 Å². The first-order chi connectivity index (χ1) is 13.0. The highest BCUT2D eigenvalue weighted by Gasteiger charge is 2.24. The highest BCUT2D eigenvalue weighted by atomic mass is 16.8. The van der Waals surface area contributed by atoms with Crippen molar-refractivity contribution in [3.8, 4) is 34.8 Å². The van der Waals surface area contributed by atoms with E-state index in [9.17, 15) is 20.9 Å². The number of methoxy groups -OCH3 is 1. The van der Waals surface area contributed by atoms with Crippen LogP contribution in [0.2, 0.25) is 0 Å². The molecule has 27 heavy (non-hydrogen) atoms. The van der Waals surface area contributed by atoms with Gasteiger partial charge in [-0.25, -0.2) is 5.21 Å². The Balaban J connectivity index is 2.34. The smallest absolute Gasteiger partial charge is 0.164 e. The minimum Gasteiger partial charge on any atom is -0.595 e. The van der Waals surface area contributed by atoms with E-state index in [0.29, 0.717) is 22.7 Å². The summed E-state index contributed by atoms with van der Waals surface area (Å²) >= 11 is 0. The quantitative estimate of drug-likeness (QED) is 0.607. The molecule has 1 unspecified atom stereocenters. The summed E-state index contributed by atoms with van der Waals surface area (Å²) in [5.41, 5.74) is 7.81. The van der Waals surface area contributed by atoms with Crippen molar-refractivity contribution in [2.45, 2.75) is 0 Å². The van der Waals surface area contributed by atoms with Crippen LogP contribution in [0.25, 0.3) is 16.9 Å². The molecule has 3 aromatic rings. The van der Waals surface area contributed by atoms with E-state index in [2.05, 4.69) is 0 Å². The number of anilines is 1. The zero-order valence-electron chi connectivity index (χ0n) is 14.3. The minimum absolute atomic E-state index is 0.0454. The van der Waals surface area contributed by atoms with Crippen molar-refractivity contribution in [1.82, 2.24) is 4.57 Å². The maximum absolute atomic E-state index is 11.3. The number of hydrogen-bond donors (Lipinski definition) is 3. The number of nitrogens with zero attached hydrogens (tertiary/aromatic N) is 3. The number of quaternary nitrogens is 1. The molecule has 3 rings (SSSR count). The monoisotopic (exact) mass is 361 g/mol. The lowest BCUT2D eigenvalue weighted by atomic mass is 10.1. The second kappa shape index (κ2) is 7.20. The summed E-state index contributed by atoms with van der Waals surface area (Å²) in [4.78, 5) is 0. The van der Waals surface area contributed by atoms with E-state index in [1.807, 2.05) is 12.1 Å². The van der Waals surface area contributed by atoms with E-state index in [-0.39, 0.29) is 22.6 Å². The van der Waals surface area contributed by atoms with Gasteiger partial charge in [0.1, 0.15) is 29.3 Å². The third-order valence-electron chi connectivity index (χ3n) is 4.14. The standard InChI is InChI=1S/C19H15N5O3/c1-27-15-7-5-13(6-8-15)23-18(16(10-20)17(11-21)19(23)22)12-3-2-4-14(9-12)24(25)26/h2-9,24-25H,22H2,1H3. The molecule has 0 radical (unpaired) electrons. The minimum atomic E-state index is -1.09. The highest BCUT2D eigenvalue weighted by Crippen LogP contribution is 2.36. The first-order valence-corrected chi connectivity index (χ1v) is 7.84. The Hall–Kier alpha value is -3.82. The molecule has 0 amide bonds. The average molecular weight is 361 g/mol. The topological polar surface area (TPSA) is 135 Å². The normalized spacial score (nSPS) is 11.4. The Labute approximate surface area is 155 Å². The number of nitrogens with two attached hydrogens (primary N) is 1. The molecule has 0 fully saturated rings. The van der Waals surface area contributed by atoms with Crippen molar-refractivity contribution in [2.75, 3.05) is 12.8 Å². The van der Waals surface area contributed by atoms with Gasteiger partial charge in [-0.2, -0.15) is 15.8 Å². The van der Waals surface area contributed by atoms with Gasteiger partial charge in [0, 0.05) is 23.4 Å². The molecule has 0 aliphatic heterocycles. The van der Waals surface area contributed by atoms with Crippen molar-refractivity contribution in [3.63, 3.8) is 0 Å². The van der Waals surface area contributed by atoms with Crippen LogP contribution in [0.5, 0.6) is 5.75 Å². The average Bonchev–Trinajstić information content (AvgIpc) is 2.99. The number of hydrogen-bond acceptors (Lipinski definition) is 6. The lowest BCUT2D eigenvalue weighted by Crippen LogP contribution is -2.99. The van der Waals surface area contributed by atoms with Crippen LogP contribution in [0.3, 0.4) is 0 Å². The highest BCUT2D eigenvalue weighted by molar-refractivity contribution is 5.81. The van der Waals surface area contributed by atoms with E-state index in [4.69, 9.17) is 10.5 Å². The molecule has 1 atom stereocenters. The van der Waals surface area contributed by atoms with Crippen LogP contribution in [0.4, 0.5) is 11.5 Å². The van der Waals surface area contributed by atoms with E-state index in [1.54, 1.807) is 48.1 Å². The van der Waals surface area contributed by atoms with Gasteiger partial charge in [0.15, 0.2) is 5.69 Å². The number of rotatable bonds is 4. The van der Waals surface area contributed by atoms with Gasteiger partial charge in [-0.1, -0.05) is 12.1 Å². The zero-order chi connectivity index (χ0) is 19.6. The molecule has 4 N–H and O–H groups in total. The summed E-state index contributed by atoms with van der Waals surface area (Å²) < 4.78 is 6.72. The molecule has 0 saturated heterocycles. The second-order valence-corrected chi connectivity index (χ2v) is 5.63. The Morgan fingerprint density at radius 3 is 2.33 bits per heavy atom. The molecule has 1 heterocycles. The number of nitrogens with one attached hydrogen (secondary N) is 1. The van der Waals surface area contributed by atoms with E-state index < -0.39 is 5.23 Å². The van der Waals surface area contributed by atoms with Crippen LogP contribution in [0.15, 0.2) is 48.5 Å². The van der Waals surface area contributed by atoms with Crippen LogP contribution >= 0.6 is 0 Å². The van der Waals surface area contributed by atoms with Gasteiger partial charge >= 0.3 is 0 Å². The predicted octanol–water partition coefficient (Wildman–Crippen LogP) is 1.88. The summed E-state index contributed by atoms with van der Waals surface area (Å²) in [6.07, 6.45) is 0. The molecular formula is C19H15N5O3. The van der Waals surface area contributed by atoms with Crippen molar-refractivity contribution in [1.29, 1.82) is 10.5 Å². The van der Waals surface area contributed by atoms with Crippen molar-refractivity contribution >= 4 is 11.5 Å². The van der Waals surface area contributed by atoms with Crippen LogP contribution in [0.1, 0.15) is 11.1 Å². The molecule has 0 saturated carbocycles. The van der Waals surface area contributed by atoms with E-state index in [1.165, 1.54) is 12.1 Å². The number of nitriles is 2. The first kappa shape index (κ1) is 18.0. The lowest BCUT2D eigenvalue weighted by Gasteiger charge is -2.15. The third kappa shape index (κ3) is 3.08. The molecule has 0 aliphatic rings.